The number of carboxylic acid groups (broad SMARTS) is 1. The summed E-state index contributed by atoms with van der Waals surface area (Å²) in [6.07, 6.45) is 0.222. The van der Waals surface area contributed by atoms with Gasteiger partial charge in [-0.15, -0.1) is 0 Å². The van der Waals surface area contributed by atoms with Gasteiger partial charge in [-0.1, -0.05) is 6.58 Å². The van der Waals surface area contributed by atoms with Crippen LogP contribution in [0.15, 0.2) is 12.7 Å². The predicted octanol–water partition coefficient (Wildman–Crippen LogP) is 0.307. The first-order valence-electron chi connectivity index (χ1n) is 3.42. The van der Waals surface area contributed by atoms with Crippen molar-refractivity contribution in [2.75, 3.05) is 6.61 Å². The van der Waals surface area contributed by atoms with Gasteiger partial charge in [-0.2, -0.15) is 0 Å². The van der Waals surface area contributed by atoms with Crippen LogP contribution < -0.4 is 0 Å². The Hall–Kier alpha value is -1.17. The molecular weight excluding hydrogens is 215 g/mol. The lowest BCUT2D eigenvalue weighted by Crippen LogP contribution is -2.05. The summed E-state index contributed by atoms with van der Waals surface area (Å²) in [6.45, 7) is 2.48. The van der Waals surface area contributed by atoms with Crippen LogP contribution in [0.2, 0.25) is 0 Å². The van der Waals surface area contributed by atoms with Gasteiger partial charge in [-0.25, -0.2) is 9.36 Å². The molecule has 0 aliphatic heterocycles. The molecule has 8 heteroatoms. The molecular formula is C6H9O7P. The third-order valence-corrected chi connectivity index (χ3v) is 1.86. The molecule has 80 valence electrons. The van der Waals surface area contributed by atoms with Crippen molar-refractivity contribution in [3.05, 3.63) is 12.7 Å². The van der Waals surface area contributed by atoms with Gasteiger partial charge in [0.1, 0.15) is 0 Å². The van der Waals surface area contributed by atoms with E-state index in [0.29, 0.717) is 6.08 Å². The monoisotopic (exact) mass is 224 g/mol. The highest BCUT2D eigenvalue weighted by Crippen LogP contribution is 2.43. The summed E-state index contributed by atoms with van der Waals surface area (Å²) in [5.74, 6) is -2.31. The smallest absolute Gasteiger partial charge is 0.481 e. The Kier molecular flexibility index (Phi) is 5.07. The van der Waals surface area contributed by atoms with Crippen LogP contribution >= 0.6 is 7.82 Å². The predicted molar refractivity (Wildman–Crippen MR) is 44.3 cm³/mol. The second kappa shape index (κ2) is 5.54. The number of hydrogen-bond acceptors (Lipinski definition) is 5. The molecule has 0 spiro atoms. The number of carboxylic acids is 1. The Morgan fingerprint density at radius 3 is 2.50 bits per heavy atom. The third kappa shape index (κ3) is 6.36. The number of aliphatic carboxylic acids is 1. The van der Waals surface area contributed by atoms with E-state index in [9.17, 15) is 14.2 Å². The maximum absolute atomic E-state index is 10.8. The van der Waals surface area contributed by atoms with E-state index in [2.05, 4.69) is 15.6 Å². The number of rotatable bonds is 6. The van der Waals surface area contributed by atoms with Crippen LogP contribution in [0.4, 0.5) is 0 Å². The van der Waals surface area contributed by atoms with Crippen LogP contribution in [0.25, 0.3) is 0 Å². The van der Waals surface area contributed by atoms with Gasteiger partial charge in [-0.3, -0.25) is 14.2 Å². The average Bonchev–Trinajstić information content (AvgIpc) is 2.02. The van der Waals surface area contributed by atoms with E-state index >= 15 is 0 Å². The van der Waals surface area contributed by atoms with Crippen LogP contribution in [-0.4, -0.2) is 28.5 Å². The zero-order chi connectivity index (χ0) is 11.2. The van der Waals surface area contributed by atoms with Gasteiger partial charge in [0.2, 0.25) is 0 Å². The first-order valence-corrected chi connectivity index (χ1v) is 4.92. The van der Waals surface area contributed by atoms with Crippen molar-refractivity contribution in [2.45, 2.75) is 6.42 Å². The van der Waals surface area contributed by atoms with Crippen molar-refractivity contribution < 1.29 is 33.2 Å². The topological polar surface area (TPSA) is 110 Å². The number of carbonyl (C=O) groups excluding carboxylic acids is 1. The Bertz CT molecular complexity index is 284. The Morgan fingerprint density at radius 1 is 1.50 bits per heavy atom. The molecule has 14 heavy (non-hydrogen) atoms. The van der Waals surface area contributed by atoms with Crippen LogP contribution in [0.3, 0.4) is 0 Å². The highest BCUT2D eigenvalue weighted by atomic mass is 31.2. The van der Waals surface area contributed by atoms with Gasteiger partial charge in [0.25, 0.3) is 0 Å². The Balaban J connectivity index is 3.95. The van der Waals surface area contributed by atoms with E-state index in [1.807, 2.05) is 0 Å². The van der Waals surface area contributed by atoms with E-state index in [1.54, 1.807) is 0 Å². The molecule has 0 aromatic rings. The largest absolute Gasteiger partial charge is 0.529 e. The second-order valence-corrected chi connectivity index (χ2v) is 3.44. The minimum Gasteiger partial charge on any atom is -0.481 e. The van der Waals surface area contributed by atoms with Gasteiger partial charge < -0.3 is 9.63 Å². The van der Waals surface area contributed by atoms with Crippen molar-refractivity contribution >= 4 is 19.8 Å². The highest BCUT2D eigenvalue weighted by molar-refractivity contribution is 7.48. The van der Waals surface area contributed by atoms with Gasteiger partial charge in [0, 0.05) is 6.08 Å². The van der Waals surface area contributed by atoms with E-state index in [4.69, 9.17) is 10.00 Å². The minimum absolute atomic E-state index is 0.462. The van der Waals surface area contributed by atoms with E-state index in [0.717, 1.165) is 0 Å². The molecule has 0 heterocycles. The molecule has 7 nitrogen and oxygen atoms in total. The number of phosphoric acid groups is 1. The van der Waals surface area contributed by atoms with Gasteiger partial charge in [0.15, 0.2) is 0 Å². The van der Waals surface area contributed by atoms with Crippen molar-refractivity contribution in [1.82, 2.24) is 0 Å². The molecule has 1 atom stereocenters. The van der Waals surface area contributed by atoms with Crippen LogP contribution in [-0.2, 0) is 23.2 Å². The molecule has 0 fully saturated rings. The van der Waals surface area contributed by atoms with Gasteiger partial charge in [0.05, 0.1) is 13.0 Å². The first-order chi connectivity index (χ1) is 6.37. The molecule has 0 saturated carbocycles. The van der Waals surface area contributed by atoms with E-state index in [1.165, 1.54) is 0 Å². The summed E-state index contributed by atoms with van der Waals surface area (Å²) < 4.78 is 18.9. The lowest BCUT2D eigenvalue weighted by atomic mass is 10.5. The first kappa shape index (κ1) is 12.8. The van der Waals surface area contributed by atoms with Crippen LogP contribution in [0, 0.1) is 0 Å². The molecule has 0 aromatic carbocycles. The normalized spacial score (nSPS) is 14.1. The minimum atomic E-state index is -4.51. The number of carbonyl (C=O) groups is 2. The average molecular weight is 224 g/mol. The van der Waals surface area contributed by atoms with Crippen molar-refractivity contribution in [1.29, 1.82) is 0 Å². The molecule has 1 unspecified atom stereocenters. The molecule has 0 bridgehead atoms. The van der Waals surface area contributed by atoms with E-state index < -0.39 is 32.8 Å². The molecule has 0 radical (unpaired) electrons. The fourth-order valence-electron chi connectivity index (χ4n) is 0.426. The molecule has 0 amide bonds. The molecule has 2 N–H and O–H groups in total. The van der Waals surface area contributed by atoms with Crippen molar-refractivity contribution in [3.8, 4) is 0 Å². The molecule has 0 aliphatic rings. The summed E-state index contributed by atoms with van der Waals surface area (Å²) in [5, 5.41) is 8.16. The zero-order valence-corrected chi connectivity index (χ0v) is 7.98. The molecule has 0 aromatic heterocycles. The Morgan fingerprint density at radius 2 is 2.07 bits per heavy atom. The fraction of sp³-hybridized carbons (Fsp3) is 0.333. The second-order valence-electron chi connectivity index (χ2n) is 2.06. The van der Waals surface area contributed by atoms with Crippen LogP contribution in [0.1, 0.15) is 6.42 Å². The third-order valence-electron chi connectivity index (χ3n) is 0.942. The standard InChI is InChI=1S/C6H9O7P/c1-2-6(9)13-14(10,11)12-4-3-5(7)8/h2H,1,3-4H2,(H,7,8)(H,10,11). The summed E-state index contributed by atoms with van der Waals surface area (Å²) in [7, 11) is -4.51. The highest BCUT2D eigenvalue weighted by Gasteiger charge is 2.24. The molecule has 0 rings (SSSR count). The summed E-state index contributed by atoms with van der Waals surface area (Å²) in [4.78, 5) is 29.2. The fourth-order valence-corrected chi connectivity index (χ4v) is 1.10. The van der Waals surface area contributed by atoms with E-state index in [-0.39, 0.29) is 0 Å². The maximum Gasteiger partial charge on any atom is 0.529 e. The van der Waals surface area contributed by atoms with Crippen molar-refractivity contribution in [2.24, 2.45) is 0 Å². The van der Waals surface area contributed by atoms with Crippen LogP contribution in [0.5, 0.6) is 0 Å². The summed E-state index contributed by atoms with van der Waals surface area (Å²) in [6, 6.07) is 0. The number of phosphoric ester groups is 1. The maximum atomic E-state index is 10.8. The van der Waals surface area contributed by atoms with Crippen molar-refractivity contribution in [3.63, 3.8) is 0 Å². The summed E-state index contributed by atoms with van der Waals surface area (Å²) >= 11 is 0. The quantitative estimate of drug-likeness (QED) is 0.493. The zero-order valence-electron chi connectivity index (χ0n) is 7.08. The van der Waals surface area contributed by atoms with Gasteiger partial charge >= 0.3 is 19.8 Å². The lowest BCUT2D eigenvalue weighted by Gasteiger charge is -2.08. The summed E-state index contributed by atoms with van der Waals surface area (Å²) in [5.41, 5.74) is 0. The molecule has 0 saturated heterocycles. The lowest BCUT2D eigenvalue weighted by molar-refractivity contribution is -0.137. The number of hydrogen-bond donors (Lipinski definition) is 2. The Labute approximate surface area is 79.6 Å². The SMILES string of the molecule is C=CC(=O)OP(=O)(O)OCCC(=O)O. The molecule has 0 aliphatic carbocycles. The van der Waals surface area contributed by atoms with Gasteiger partial charge in [-0.05, 0) is 0 Å².